The summed E-state index contributed by atoms with van der Waals surface area (Å²) in [7, 11) is 3.88. The summed E-state index contributed by atoms with van der Waals surface area (Å²) < 4.78 is 0. The summed E-state index contributed by atoms with van der Waals surface area (Å²) in [5.74, 6) is 0. The van der Waals surface area contributed by atoms with E-state index < -0.39 is 0 Å². The van der Waals surface area contributed by atoms with Gasteiger partial charge in [-0.1, -0.05) is 12.2 Å². The lowest BCUT2D eigenvalue weighted by Crippen LogP contribution is -2.40. The van der Waals surface area contributed by atoms with Crippen molar-refractivity contribution in [3.63, 3.8) is 0 Å². The van der Waals surface area contributed by atoms with E-state index >= 15 is 0 Å². The van der Waals surface area contributed by atoms with E-state index in [0.29, 0.717) is 0 Å². The third-order valence-electron chi connectivity index (χ3n) is 2.24. The largest absolute Gasteiger partial charge is 0.340 e. The second-order valence-corrected chi connectivity index (χ2v) is 4.02. The predicted octanol–water partition coefficient (Wildman–Crippen LogP) is 1.25. The fraction of sp³-hybridized carbons (Fsp3) is 0.714. The summed E-state index contributed by atoms with van der Waals surface area (Å²) in [5, 5.41) is 0.806. The molecular weight excluding hydrogens is 176 g/mol. The Hall–Kier alpha value is -0.220. The molecule has 1 aliphatic rings. The van der Waals surface area contributed by atoms with Gasteiger partial charge in [0.05, 0.1) is 5.54 Å². The smallest absolute Gasteiger partial charge is 0.176 e. The Bertz CT molecular complexity index is 222. The van der Waals surface area contributed by atoms with Gasteiger partial charge in [-0.15, -0.1) is 0 Å². The maximum absolute atomic E-state index is 5.23. The summed E-state index contributed by atoms with van der Waals surface area (Å²) >= 11 is 10.4. The molecule has 1 aliphatic heterocycles. The zero-order valence-electron chi connectivity index (χ0n) is 7.21. The molecule has 0 N–H and O–H groups in total. The fourth-order valence-corrected chi connectivity index (χ4v) is 1.71. The van der Waals surface area contributed by atoms with Crippen molar-refractivity contribution >= 4 is 34.5 Å². The maximum atomic E-state index is 5.23. The summed E-state index contributed by atoms with van der Waals surface area (Å²) in [6.45, 7) is 4.15. The molecule has 11 heavy (non-hydrogen) atoms. The van der Waals surface area contributed by atoms with Gasteiger partial charge in [0.15, 0.2) is 5.11 Å². The topological polar surface area (TPSA) is 6.48 Å². The van der Waals surface area contributed by atoms with Crippen LogP contribution in [-0.2, 0) is 0 Å². The average molecular weight is 188 g/mol. The van der Waals surface area contributed by atoms with Gasteiger partial charge in [-0.2, -0.15) is 0 Å². The van der Waals surface area contributed by atoms with Crippen LogP contribution in [0, 0.1) is 0 Å². The fourth-order valence-electron chi connectivity index (χ4n) is 1.10. The first kappa shape index (κ1) is 8.87. The van der Waals surface area contributed by atoms with E-state index in [1.807, 2.05) is 23.9 Å². The van der Waals surface area contributed by atoms with E-state index in [2.05, 4.69) is 13.8 Å². The molecule has 4 heteroatoms. The summed E-state index contributed by atoms with van der Waals surface area (Å²) in [6.07, 6.45) is 0. The quantitative estimate of drug-likeness (QED) is 0.528. The van der Waals surface area contributed by atoms with E-state index in [1.165, 1.54) is 0 Å². The minimum atomic E-state index is -0.0961. The molecule has 1 fully saturated rings. The van der Waals surface area contributed by atoms with Crippen LogP contribution in [0.1, 0.15) is 13.8 Å². The molecule has 0 spiro atoms. The van der Waals surface area contributed by atoms with Crippen LogP contribution in [0.25, 0.3) is 0 Å². The van der Waals surface area contributed by atoms with Crippen LogP contribution in [0.4, 0.5) is 0 Å². The van der Waals surface area contributed by atoms with Gasteiger partial charge in [0.2, 0.25) is 0 Å². The monoisotopic (exact) mass is 188 g/mol. The molecule has 0 aliphatic carbocycles. The molecule has 0 aromatic carbocycles. The normalized spacial score (nSPS) is 23.3. The molecule has 0 aromatic heterocycles. The zero-order valence-corrected chi connectivity index (χ0v) is 8.84. The van der Waals surface area contributed by atoms with Gasteiger partial charge >= 0.3 is 0 Å². The zero-order chi connectivity index (χ0) is 8.81. The minimum Gasteiger partial charge on any atom is -0.340 e. The van der Waals surface area contributed by atoms with E-state index in [9.17, 15) is 0 Å². The molecule has 0 radical (unpaired) electrons. The summed E-state index contributed by atoms with van der Waals surface area (Å²) in [6, 6.07) is 0. The van der Waals surface area contributed by atoms with E-state index in [1.54, 1.807) is 0 Å². The lowest BCUT2D eigenvalue weighted by molar-refractivity contribution is 0.370. The highest BCUT2D eigenvalue weighted by atomic mass is 32.1. The highest BCUT2D eigenvalue weighted by molar-refractivity contribution is 7.82. The molecule has 1 heterocycles. The lowest BCUT2D eigenvalue weighted by Gasteiger charge is -2.26. The van der Waals surface area contributed by atoms with Crippen LogP contribution in [0.3, 0.4) is 0 Å². The molecule has 0 amide bonds. The van der Waals surface area contributed by atoms with Crippen LogP contribution in [-0.4, -0.2) is 39.5 Å². The van der Waals surface area contributed by atoms with Gasteiger partial charge in [0.25, 0.3) is 0 Å². The number of hydrogen-bond donors (Lipinski definition) is 0. The minimum absolute atomic E-state index is 0.0961. The van der Waals surface area contributed by atoms with Crippen molar-refractivity contribution in [2.45, 2.75) is 19.4 Å². The lowest BCUT2D eigenvalue weighted by atomic mass is 10.1. The first-order chi connectivity index (χ1) is 4.89. The number of likely N-dealkylation sites (N-methyl/N-ethyl adjacent to an activating group) is 2. The third-order valence-corrected chi connectivity index (χ3v) is 3.56. The van der Waals surface area contributed by atoms with Crippen molar-refractivity contribution in [3.05, 3.63) is 0 Å². The first-order valence-corrected chi connectivity index (χ1v) is 4.26. The van der Waals surface area contributed by atoms with Gasteiger partial charge in [-0.3, -0.25) is 0 Å². The van der Waals surface area contributed by atoms with Gasteiger partial charge in [0.1, 0.15) is 4.99 Å². The van der Waals surface area contributed by atoms with Crippen LogP contribution < -0.4 is 0 Å². The number of nitrogens with zero attached hydrogens (tertiary/aromatic N) is 2. The Morgan fingerprint density at radius 2 is 1.64 bits per heavy atom. The highest BCUT2D eigenvalue weighted by Gasteiger charge is 2.41. The van der Waals surface area contributed by atoms with E-state index in [0.717, 1.165) is 10.1 Å². The first-order valence-electron chi connectivity index (χ1n) is 3.45. The Kier molecular flexibility index (Phi) is 1.92. The number of thiocarbonyl (C=S) groups is 2. The molecule has 0 unspecified atom stereocenters. The van der Waals surface area contributed by atoms with E-state index in [4.69, 9.17) is 24.4 Å². The van der Waals surface area contributed by atoms with Crippen LogP contribution >= 0.6 is 24.4 Å². The van der Waals surface area contributed by atoms with Crippen LogP contribution in [0.15, 0.2) is 0 Å². The molecular formula is C7H12N2S2. The SMILES string of the molecule is CN1C(=S)N(C)C(C)(C)C1=S. The Balaban J connectivity index is 3.06. The van der Waals surface area contributed by atoms with Crippen LogP contribution in [0.2, 0.25) is 0 Å². The van der Waals surface area contributed by atoms with Crippen molar-refractivity contribution < 1.29 is 0 Å². The standard InChI is InChI=1S/C7H12N2S2/c1-7(2)5(10)8(3)6(11)9(7)4/h1-4H3. The van der Waals surface area contributed by atoms with Crippen LogP contribution in [0.5, 0.6) is 0 Å². The predicted molar refractivity (Wildman–Crippen MR) is 54.8 cm³/mol. The highest BCUT2D eigenvalue weighted by Crippen LogP contribution is 2.25. The number of rotatable bonds is 0. The summed E-state index contributed by atoms with van der Waals surface area (Å²) in [4.78, 5) is 4.79. The molecule has 1 rings (SSSR count). The van der Waals surface area contributed by atoms with Crippen molar-refractivity contribution in [1.82, 2.24) is 9.80 Å². The average Bonchev–Trinajstić information content (AvgIpc) is 2.06. The third kappa shape index (κ3) is 1.05. The molecule has 1 saturated heterocycles. The molecule has 62 valence electrons. The Morgan fingerprint density at radius 1 is 1.18 bits per heavy atom. The maximum Gasteiger partial charge on any atom is 0.176 e. The molecule has 2 nitrogen and oxygen atoms in total. The van der Waals surface area contributed by atoms with Crippen molar-refractivity contribution in [1.29, 1.82) is 0 Å². The molecule has 0 aromatic rings. The Labute approximate surface area is 78.2 Å². The van der Waals surface area contributed by atoms with Gasteiger partial charge < -0.3 is 9.80 Å². The number of hydrogen-bond acceptors (Lipinski definition) is 2. The molecule has 0 atom stereocenters. The molecule has 0 saturated carbocycles. The van der Waals surface area contributed by atoms with Gasteiger partial charge in [-0.25, -0.2) is 0 Å². The van der Waals surface area contributed by atoms with Gasteiger partial charge in [0, 0.05) is 14.1 Å². The van der Waals surface area contributed by atoms with Crippen molar-refractivity contribution in [2.75, 3.05) is 14.1 Å². The second-order valence-electron chi connectivity index (χ2n) is 3.26. The second kappa shape index (κ2) is 2.38. The summed E-state index contributed by atoms with van der Waals surface area (Å²) in [5.41, 5.74) is -0.0961. The Morgan fingerprint density at radius 3 is 1.73 bits per heavy atom. The van der Waals surface area contributed by atoms with Gasteiger partial charge in [-0.05, 0) is 26.1 Å². The van der Waals surface area contributed by atoms with E-state index in [-0.39, 0.29) is 5.54 Å². The van der Waals surface area contributed by atoms with Crippen molar-refractivity contribution in [2.24, 2.45) is 0 Å². The van der Waals surface area contributed by atoms with Crippen molar-refractivity contribution in [3.8, 4) is 0 Å². The molecule has 0 bridgehead atoms.